The summed E-state index contributed by atoms with van der Waals surface area (Å²) in [5, 5.41) is 7.53. The lowest BCUT2D eigenvalue weighted by Gasteiger charge is -2.26. The van der Waals surface area contributed by atoms with E-state index in [1.165, 1.54) is 0 Å². The highest BCUT2D eigenvalue weighted by atomic mass is 32.2. The van der Waals surface area contributed by atoms with Gasteiger partial charge in [-0.3, -0.25) is 4.79 Å². The highest BCUT2D eigenvalue weighted by Gasteiger charge is 2.38. The third-order valence-corrected chi connectivity index (χ3v) is 7.24. The molecule has 1 aromatic carbocycles. The first kappa shape index (κ1) is 18.8. The van der Waals surface area contributed by atoms with Gasteiger partial charge in [0, 0.05) is 23.5 Å². The summed E-state index contributed by atoms with van der Waals surface area (Å²) in [5.74, 6) is 1.74. The number of benzene rings is 1. The highest BCUT2D eigenvalue weighted by Crippen LogP contribution is 2.44. The monoisotopic (exact) mass is 405 g/mol. The maximum Gasteiger partial charge on any atom is 0.226 e. The normalized spacial score (nSPS) is 23.2. The predicted octanol–water partition coefficient (Wildman–Crippen LogP) is 2.04. The number of amides is 1. The Morgan fingerprint density at radius 2 is 2.04 bits per heavy atom. The molecule has 4 rings (SSSR count). The first-order chi connectivity index (χ1) is 13.3. The van der Waals surface area contributed by atoms with Crippen molar-refractivity contribution in [2.45, 2.75) is 31.7 Å². The van der Waals surface area contributed by atoms with E-state index in [0.29, 0.717) is 23.7 Å². The number of aryl methyl sites for hydroxylation is 1. The Labute approximate surface area is 163 Å². The van der Waals surface area contributed by atoms with Gasteiger partial charge in [0.05, 0.1) is 37.5 Å². The number of fused-ring (bicyclic) bond motifs is 1. The van der Waals surface area contributed by atoms with Crippen molar-refractivity contribution in [2.75, 3.05) is 31.0 Å². The van der Waals surface area contributed by atoms with Crippen LogP contribution >= 0.6 is 0 Å². The van der Waals surface area contributed by atoms with Gasteiger partial charge in [-0.2, -0.15) is 5.10 Å². The molecule has 28 heavy (non-hydrogen) atoms. The zero-order valence-corrected chi connectivity index (χ0v) is 16.9. The summed E-state index contributed by atoms with van der Waals surface area (Å²) in [7, 11) is 0.114. The number of nitrogens with one attached hydrogen (secondary N) is 1. The molecule has 1 aromatic heterocycles. The molecule has 3 heterocycles. The van der Waals surface area contributed by atoms with Crippen LogP contribution in [0.4, 0.5) is 5.82 Å². The molecule has 2 aliphatic heterocycles. The van der Waals surface area contributed by atoms with E-state index in [-0.39, 0.29) is 35.8 Å². The fourth-order valence-electron chi connectivity index (χ4n) is 4.18. The van der Waals surface area contributed by atoms with E-state index >= 15 is 0 Å². The van der Waals surface area contributed by atoms with Crippen LogP contribution in [0.3, 0.4) is 0 Å². The molecule has 0 spiro atoms. The molecule has 150 valence electrons. The summed E-state index contributed by atoms with van der Waals surface area (Å²) in [6.07, 6.45) is 0.755. The van der Waals surface area contributed by atoms with Crippen LogP contribution in [0.5, 0.6) is 11.5 Å². The number of ether oxygens (including phenoxy) is 2. The quantitative estimate of drug-likeness (QED) is 0.836. The molecule has 8 nitrogen and oxygen atoms in total. The maximum absolute atomic E-state index is 12.5. The van der Waals surface area contributed by atoms with Crippen molar-refractivity contribution in [1.82, 2.24) is 9.78 Å². The van der Waals surface area contributed by atoms with Crippen LogP contribution in [-0.2, 0) is 14.6 Å². The molecule has 1 amide bonds. The molecule has 2 aliphatic rings. The number of methoxy groups -OCH3 is 2. The van der Waals surface area contributed by atoms with Gasteiger partial charge in [0.2, 0.25) is 5.91 Å². The van der Waals surface area contributed by atoms with E-state index in [0.717, 1.165) is 16.8 Å². The third kappa shape index (κ3) is 3.13. The van der Waals surface area contributed by atoms with Crippen molar-refractivity contribution in [3.05, 3.63) is 35.0 Å². The van der Waals surface area contributed by atoms with Gasteiger partial charge >= 0.3 is 0 Å². The lowest BCUT2D eigenvalue weighted by molar-refractivity contribution is -0.116. The van der Waals surface area contributed by atoms with Crippen molar-refractivity contribution < 1.29 is 22.7 Å². The van der Waals surface area contributed by atoms with E-state index < -0.39 is 9.84 Å². The molecule has 0 unspecified atom stereocenters. The molecule has 1 N–H and O–H groups in total. The molecule has 0 radical (unpaired) electrons. The SMILES string of the molecule is COc1ccc(OC)c([C@@H]2CC(=O)Nc3c2c(C)nn3[C@H]2CCS(=O)(=O)C2)c1. The summed E-state index contributed by atoms with van der Waals surface area (Å²) < 4.78 is 36.4. The number of hydrogen-bond donors (Lipinski definition) is 1. The first-order valence-corrected chi connectivity index (χ1v) is 11.0. The van der Waals surface area contributed by atoms with Crippen molar-refractivity contribution in [1.29, 1.82) is 0 Å². The number of hydrogen-bond acceptors (Lipinski definition) is 6. The van der Waals surface area contributed by atoms with Crippen LogP contribution < -0.4 is 14.8 Å². The summed E-state index contributed by atoms with van der Waals surface area (Å²) in [5.41, 5.74) is 2.52. The van der Waals surface area contributed by atoms with Crippen molar-refractivity contribution in [2.24, 2.45) is 0 Å². The van der Waals surface area contributed by atoms with E-state index in [1.807, 2.05) is 25.1 Å². The van der Waals surface area contributed by atoms with Gasteiger partial charge in [0.25, 0.3) is 0 Å². The maximum atomic E-state index is 12.5. The number of carbonyl (C=O) groups excluding carboxylic acids is 1. The van der Waals surface area contributed by atoms with E-state index in [4.69, 9.17) is 9.47 Å². The Morgan fingerprint density at radius 1 is 1.25 bits per heavy atom. The number of rotatable bonds is 4. The summed E-state index contributed by atoms with van der Waals surface area (Å²) in [6.45, 7) is 1.88. The molecule has 2 aromatic rings. The molecular weight excluding hydrogens is 382 g/mol. The second-order valence-corrected chi connectivity index (χ2v) is 9.49. The molecule has 9 heteroatoms. The Kier molecular flexibility index (Phi) is 4.57. The van der Waals surface area contributed by atoms with E-state index in [9.17, 15) is 13.2 Å². The largest absolute Gasteiger partial charge is 0.497 e. The standard InChI is InChI=1S/C19H23N3O5S/c1-11-18-15(14-8-13(26-2)4-5-16(14)27-3)9-17(23)20-19(18)22(21-11)12-6-7-28(24,25)10-12/h4-5,8,12,15H,6-7,9-10H2,1-3H3,(H,20,23)/t12-,15-/m0/s1. The molecule has 1 saturated heterocycles. The van der Waals surface area contributed by atoms with Gasteiger partial charge < -0.3 is 14.8 Å². The van der Waals surface area contributed by atoms with Crippen LogP contribution in [0.15, 0.2) is 18.2 Å². The molecular formula is C19H23N3O5S. The minimum atomic E-state index is -3.07. The lowest BCUT2D eigenvalue weighted by atomic mass is 9.85. The van der Waals surface area contributed by atoms with Crippen molar-refractivity contribution in [3.8, 4) is 11.5 Å². The van der Waals surface area contributed by atoms with E-state index in [1.54, 1.807) is 18.9 Å². The fourth-order valence-corrected chi connectivity index (χ4v) is 5.87. The van der Waals surface area contributed by atoms with Gasteiger partial charge in [-0.25, -0.2) is 13.1 Å². The number of carbonyl (C=O) groups is 1. The topological polar surface area (TPSA) is 99.5 Å². The Balaban J connectivity index is 1.84. The first-order valence-electron chi connectivity index (χ1n) is 9.14. The van der Waals surface area contributed by atoms with Gasteiger partial charge in [0.15, 0.2) is 9.84 Å². The summed E-state index contributed by atoms with van der Waals surface area (Å²) >= 11 is 0. The smallest absolute Gasteiger partial charge is 0.226 e. The number of sulfone groups is 1. The number of nitrogens with zero attached hydrogens (tertiary/aromatic N) is 2. The molecule has 0 bridgehead atoms. The highest BCUT2D eigenvalue weighted by molar-refractivity contribution is 7.91. The Bertz CT molecular complexity index is 1040. The van der Waals surface area contributed by atoms with Crippen LogP contribution in [0.25, 0.3) is 0 Å². The van der Waals surface area contributed by atoms with Gasteiger partial charge in [-0.05, 0) is 31.5 Å². The van der Waals surface area contributed by atoms with Gasteiger partial charge in [-0.15, -0.1) is 0 Å². The van der Waals surface area contributed by atoms with Crippen LogP contribution in [0.1, 0.15) is 41.6 Å². The molecule has 1 fully saturated rings. The average Bonchev–Trinajstić information content (AvgIpc) is 3.19. The zero-order chi connectivity index (χ0) is 20.1. The minimum Gasteiger partial charge on any atom is -0.497 e. The van der Waals surface area contributed by atoms with Crippen molar-refractivity contribution >= 4 is 21.6 Å². The Hall–Kier alpha value is -2.55. The van der Waals surface area contributed by atoms with E-state index in [2.05, 4.69) is 10.4 Å². The summed E-state index contributed by atoms with van der Waals surface area (Å²) in [6, 6.07) is 5.25. The molecule has 2 atom stereocenters. The average molecular weight is 405 g/mol. The van der Waals surface area contributed by atoms with Crippen LogP contribution in [-0.4, -0.2) is 49.8 Å². The van der Waals surface area contributed by atoms with Crippen molar-refractivity contribution in [3.63, 3.8) is 0 Å². The fraction of sp³-hybridized carbons (Fsp3) is 0.474. The minimum absolute atomic E-state index is 0.0452. The number of anilines is 1. The summed E-state index contributed by atoms with van der Waals surface area (Å²) in [4.78, 5) is 12.5. The second kappa shape index (κ2) is 6.80. The number of aromatic nitrogens is 2. The van der Waals surface area contributed by atoms with Crippen LogP contribution in [0, 0.1) is 6.92 Å². The third-order valence-electron chi connectivity index (χ3n) is 5.49. The second-order valence-electron chi connectivity index (χ2n) is 7.26. The predicted molar refractivity (Wildman–Crippen MR) is 104 cm³/mol. The van der Waals surface area contributed by atoms with Crippen LogP contribution in [0.2, 0.25) is 0 Å². The molecule has 0 saturated carbocycles. The molecule has 0 aliphatic carbocycles. The Morgan fingerprint density at radius 3 is 2.68 bits per heavy atom. The lowest BCUT2D eigenvalue weighted by Crippen LogP contribution is -2.26. The zero-order valence-electron chi connectivity index (χ0n) is 16.1. The van der Waals surface area contributed by atoms with Gasteiger partial charge in [0.1, 0.15) is 17.3 Å². The van der Waals surface area contributed by atoms with Gasteiger partial charge in [-0.1, -0.05) is 0 Å².